The van der Waals surface area contributed by atoms with Crippen LogP contribution in [0.3, 0.4) is 0 Å². The van der Waals surface area contributed by atoms with E-state index in [4.69, 9.17) is 26.8 Å². The van der Waals surface area contributed by atoms with Gasteiger partial charge in [-0.1, -0.05) is 25.4 Å². The number of carbonyl (C=O) groups is 2. The van der Waals surface area contributed by atoms with Crippen molar-refractivity contribution >= 4 is 29.3 Å². The zero-order valence-electron chi connectivity index (χ0n) is 15.4. The normalized spacial score (nSPS) is 15.0. The Morgan fingerprint density at radius 1 is 1.35 bits per heavy atom. The van der Waals surface area contributed by atoms with Crippen LogP contribution in [0.2, 0.25) is 5.02 Å². The number of nitrogens with one attached hydrogen (secondary N) is 1. The molecule has 8 heteroatoms. The second kappa shape index (κ2) is 8.98. The van der Waals surface area contributed by atoms with E-state index in [-0.39, 0.29) is 18.0 Å². The van der Waals surface area contributed by atoms with E-state index in [9.17, 15) is 9.59 Å². The van der Waals surface area contributed by atoms with E-state index in [0.29, 0.717) is 60.5 Å². The lowest BCUT2D eigenvalue weighted by atomic mass is 10.0. The van der Waals surface area contributed by atoms with E-state index in [1.807, 2.05) is 13.8 Å². The van der Waals surface area contributed by atoms with Crippen molar-refractivity contribution in [2.75, 3.05) is 32.5 Å². The number of amides is 2. The molecule has 7 nitrogen and oxygen atoms in total. The van der Waals surface area contributed by atoms with Crippen LogP contribution in [0.1, 0.15) is 37.0 Å². The first kappa shape index (κ1) is 20.2. The molecule has 0 saturated carbocycles. The number of benzene rings is 1. The third-order valence-electron chi connectivity index (χ3n) is 4.19. The Morgan fingerprint density at radius 3 is 2.58 bits per heavy atom. The number of likely N-dealkylation sites (tertiary alicyclic amines) is 1. The highest BCUT2D eigenvalue weighted by Crippen LogP contribution is 2.29. The van der Waals surface area contributed by atoms with Crippen LogP contribution in [0.4, 0.5) is 10.5 Å². The molecule has 0 aliphatic carbocycles. The molecule has 0 aromatic heterocycles. The van der Waals surface area contributed by atoms with Crippen molar-refractivity contribution in [2.45, 2.75) is 32.7 Å². The summed E-state index contributed by atoms with van der Waals surface area (Å²) in [5, 5.41) is 3.27. The molecular weight excluding hydrogens is 358 g/mol. The monoisotopic (exact) mass is 383 g/mol. The van der Waals surface area contributed by atoms with Gasteiger partial charge in [-0.25, -0.2) is 4.79 Å². The zero-order valence-corrected chi connectivity index (χ0v) is 16.1. The lowest BCUT2D eigenvalue weighted by Crippen LogP contribution is -2.46. The van der Waals surface area contributed by atoms with Crippen LogP contribution in [-0.2, 0) is 4.74 Å². The molecule has 1 aromatic carbocycles. The molecule has 0 unspecified atom stereocenters. The predicted molar refractivity (Wildman–Crippen MR) is 101 cm³/mol. The minimum absolute atomic E-state index is 0.0299. The van der Waals surface area contributed by atoms with Gasteiger partial charge < -0.3 is 25.4 Å². The fraction of sp³-hybridized carbons (Fsp3) is 0.556. The quantitative estimate of drug-likeness (QED) is 0.762. The molecule has 0 atom stereocenters. The molecule has 1 aromatic rings. The number of nitrogen functional groups attached to an aromatic ring is 1. The fourth-order valence-electron chi connectivity index (χ4n) is 2.71. The lowest BCUT2D eigenvalue weighted by molar-refractivity contribution is 0.0785. The van der Waals surface area contributed by atoms with Gasteiger partial charge in [-0.3, -0.25) is 4.79 Å². The minimum atomic E-state index is -0.296. The van der Waals surface area contributed by atoms with Crippen LogP contribution in [0.15, 0.2) is 12.1 Å². The Kier molecular flexibility index (Phi) is 6.97. The maximum Gasteiger partial charge on any atom is 0.409 e. The van der Waals surface area contributed by atoms with Crippen molar-refractivity contribution in [1.29, 1.82) is 0 Å². The van der Waals surface area contributed by atoms with Crippen molar-refractivity contribution in [3.8, 4) is 5.75 Å². The summed E-state index contributed by atoms with van der Waals surface area (Å²) >= 11 is 6.02. The molecule has 1 aliphatic heterocycles. The molecule has 144 valence electrons. The second-order valence-electron chi connectivity index (χ2n) is 6.78. The molecule has 1 fully saturated rings. The zero-order chi connectivity index (χ0) is 19.3. The summed E-state index contributed by atoms with van der Waals surface area (Å²) in [5.41, 5.74) is 6.44. The molecule has 0 radical (unpaired) electrons. The first-order chi connectivity index (χ1) is 12.3. The van der Waals surface area contributed by atoms with Gasteiger partial charge in [-0.15, -0.1) is 0 Å². The van der Waals surface area contributed by atoms with Crippen LogP contribution >= 0.6 is 11.6 Å². The summed E-state index contributed by atoms with van der Waals surface area (Å²) in [6.07, 6.45) is 1.02. The maximum atomic E-state index is 12.6. The van der Waals surface area contributed by atoms with Crippen molar-refractivity contribution < 1.29 is 19.1 Å². The van der Waals surface area contributed by atoms with Gasteiger partial charge >= 0.3 is 6.09 Å². The topological polar surface area (TPSA) is 93.9 Å². The third-order valence-corrected chi connectivity index (χ3v) is 4.52. The Bertz CT molecular complexity index is 658. The number of rotatable bonds is 5. The van der Waals surface area contributed by atoms with E-state index in [2.05, 4.69) is 5.32 Å². The number of hydrogen-bond acceptors (Lipinski definition) is 5. The van der Waals surface area contributed by atoms with E-state index in [0.717, 1.165) is 0 Å². The van der Waals surface area contributed by atoms with Gasteiger partial charge in [-0.2, -0.15) is 0 Å². The van der Waals surface area contributed by atoms with Crippen molar-refractivity contribution in [1.82, 2.24) is 10.2 Å². The first-order valence-electron chi connectivity index (χ1n) is 8.67. The molecular formula is C18H26ClN3O4. The smallest absolute Gasteiger partial charge is 0.409 e. The van der Waals surface area contributed by atoms with E-state index in [1.54, 1.807) is 4.90 Å². The Hall–Kier alpha value is -2.15. The Balaban J connectivity index is 1.90. The Morgan fingerprint density at radius 2 is 2.00 bits per heavy atom. The van der Waals surface area contributed by atoms with Gasteiger partial charge in [-0.05, 0) is 24.8 Å². The number of halogens is 1. The molecule has 1 heterocycles. The lowest BCUT2D eigenvalue weighted by Gasteiger charge is -2.32. The first-order valence-corrected chi connectivity index (χ1v) is 9.05. The fourth-order valence-corrected chi connectivity index (χ4v) is 2.88. The highest BCUT2D eigenvalue weighted by Gasteiger charge is 2.26. The molecule has 2 amide bonds. The molecule has 0 spiro atoms. The van der Waals surface area contributed by atoms with Crippen LogP contribution in [0.25, 0.3) is 0 Å². The molecule has 1 aliphatic rings. The molecule has 26 heavy (non-hydrogen) atoms. The van der Waals surface area contributed by atoms with Crippen molar-refractivity contribution in [2.24, 2.45) is 5.92 Å². The van der Waals surface area contributed by atoms with Gasteiger partial charge in [0, 0.05) is 25.2 Å². The maximum absolute atomic E-state index is 12.6. The van der Waals surface area contributed by atoms with Crippen LogP contribution < -0.4 is 15.8 Å². The highest BCUT2D eigenvalue weighted by molar-refractivity contribution is 6.33. The number of carbonyl (C=O) groups excluding carboxylic acids is 2. The number of ether oxygens (including phenoxy) is 2. The summed E-state index contributed by atoms with van der Waals surface area (Å²) in [5.74, 6) is 0.404. The minimum Gasteiger partial charge on any atom is -0.496 e. The second-order valence-corrected chi connectivity index (χ2v) is 7.19. The largest absolute Gasteiger partial charge is 0.496 e. The molecule has 3 N–H and O–H groups in total. The molecule has 2 rings (SSSR count). The number of methoxy groups -OCH3 is 1. The van der Waals surface area contributed by atoms with Gasteiger partial charge in [0.2, 0.25) is 0 Å². The standard InChI is InChI=1S/C18H26ClN3O4/c1-11(2)10-26-18(24)22-6-4-12(5-7-22)21-17(23)13-8-14(19)15(20)9-16(13)25-3/h8-9,11-12H,4-7,10,20H2,1-3H3,(H,21,23). The number of hydrogen-bond donors (Lipinski definition) is 2. The van der Waals surface area contributed by atoms with E-state index < -0.39 is 0 Å². The molecule has 1 saturated heterocycles. The summed E-state index contributed by atoms with van der Waals surface area (Å²) in [6.45, 7) is 5.48. The van der Waals surface area contributed by atoms with Gasteiger partial charge in [0.25, 0.3) is 5.91 Å². The number of nitrogens with two attached hydrogens (primary N) is 1. The van der Waals surface area contributed by atoms with Gasteiger partial charge in [0.05, 0.1) is 30.0 Å². The average molecular weight is 384 g/mol. The summed E-state index contributed by atoms with van der Waals surface area (Å²) in [6, 6.07) is 3.01. The summed E-state index contributed by atoms with van der Waals surface area (Å²) in [4.78, 5) is 26.2. The SMILES string of the molecule is COc1cc(N)c(Cl)cc1C(=O)NC1CCN(C(=O)OCC(C)C)CC1. The van der Waals surface area contributed by atoms with Gasteiger partial charge in [0.1, 0.15) is 5.75 Å². The van der Waals surface area contributed by atoms with E-state index >= 15 is 0 Å². The number of anilines is 1. The van der Waals surface area contributed by atoms with Crippen LogP contribution in [-0.4, -0.2) is 49.7 Å². The average Bonchev–Trinajstić information content (AvgIpc) is 2.62. The van der Waals surface area contributed by atoms with Crippen LogP contribution in [0, 0.1) is 5.92 Å². The molecule has 0 bridgehead atoms. The van der Waals surface area contributed by atoms with Crippen LogP contribution in [0.5, 0.6) is 5.75 Å². The summed E-state index contributed by atoms with van der Waals surface area (Å²) in [7, 11) is 1.47. The third kappa shape index (κ3) is 5.17. The van der Waals surface area contributed by atoms with Crippen molar-refractivity contribution in [3.63, 3.8) is 0 Å². The highest BCUT2D eigenvalue weighted by atomic mass is 35.5. The summed E-state index contributed by atoms with van der Waals surface area (Å²) < 4.78 is 10.5. The number of piperidine rings is 1. The van der Waals surface area contributed by atoms with E-state index in [1.165, 1.54) is 19.2 Å². The van der Waals surface area contributed by atoms with Gasteiger partial charge in [0.15, 0.2) is 0 Å². The predicted octanol–water partition coefficient (Wildman–Crippen LogP) is 2.92. The number of nitrogens with zero attached hydrogens (tertiary/aromatic N) is 1. The van der Waals surface area contributed by atoms with Crippen molar-refractivity contribution in [3.05, 3.63) is 22.7 Å². The Labute approximate surface area is 158 Å².